The summed E-state index contributed by atoms with van der Waals surface area (Å²) in [6.45, 7) is 1.80. The number of urea groups is 1. The number of carbonyl (C=O) groups is 2. The zero-order chi connectivity index (χ0) is 18.0. The Morgan fingerprint density at radius 3 is 2.84 bits per heavy atom. The first-order valence-corrected chi connectivity index (χ1v) is 7.41. The molecule has 0 aliphatic carbocycles. The summed E-state index contributed by atoms with van der Waals surface area (Å²) in [7, 11) is 1.59. The van der Waals surface area contributed by atoms with Gasteiger partial charge in [-0.3, -0.25) is 10.1 Å². The molecule has 0 spiro atoms. The molecule has 2 N–H and O–H groups in total. The minimum atomic E-state index is -0.733. The van der Waals surface area contributed by atoms with Crippen LogP contribution in [0.4, 0.5) is 14.9 Å². The molecule has 0 atom stereocenters. The fraction of sp³-hybridized carbons (Fsp3) is 0.118. The molecule has 128 valence electrons. The van der Waals surface area contributed by atoms with Gasteiger partial charge in [0.1, 0.15) is 23.0 Å². The summed E-state index contributed by atoms with van der Waals surface area (Å²) in [4.78, 5) is 29.3. The molecule has 1 aliphatic rings. The average Bonchev–Trinajstić information content (AvgIpc) is 3.06. The smallest absolute Gasteiger partial charge is 0.348 e. The van der Waals surface area contributed by atoms with E-state index in [0.29, 0.717) is 5.76 Å². The van der Waals surface area contributed by atoms with E-state index in [4.69, 9.17) is 4.42 Å². The Morgan fingerprint density at radius 2 is 2.16 bits per heavy atom. The Bertz CT molecular complexity index is 901. The molecule has 0 unspecified atom stereocenters. The van der Waals surface area contributed by atoms with Gasteiger partial charge in [-0.05, 0) is 37.3 Å². The van der Waals surface area contributed by atoms with E-state index in [-0.39, 0.29) is 17.3 Å². The normalized spacial score (nSPS) is 17.2. The van der Waals surface area contributed by atoms with Crippen LogP contribution in [0.1, 0.15) is 11.5 Å². The number of guanidine groups is 1. The van der Waals surface area contributed by atoms with Crippen LogP contribution in [0.3, 0.4) is 0 Å². The summed E-state index contributed by atoms with van der Waals surface area (Å²) in [5.41, 5.74) is 0.551. The average molecular weight is 342 g/mol. The number of nitrogens with one attached hydrogen (secondary N) is 2. The number of nitrogens with zero attached hydrogens (tertiary/aromatic N) is 2. The molecule has 2 heterocycles. The first-order valence-electron chi connectivity index (χ1n) is 7.41. The van der Waals surface area contributed by atoms with Crippen molar-refractivity contribution in [3.63, 3.8) is 0 Å². The quantitative estimate of drug-likeness (QED) is 0.822. The molecule has 3 rings (SSSR count). The van der Waals surface area contributed by atoms with Crippen molar-refractivity contribution in [1.29, 1.82) is 0 Å². The van der Waals surface area contributed by atoms with Gasteiger partial charge >= 0.3 is 6.03 Å². The number of carbonyl (C=O) groups excluding carboxylic acids is 2. The third-order valence-corrected chi connectivity index (χ3v) is 3.46. The van der Waals surface area contributed by atoms with Crippen molar-refractivity contribution < 1.29 is 18.4 Å². The van der Waals surface area contributed by atoms with Crippen LogP contribution in [0.5, 0.6) is 0 Å². The zero-order valence-corrected chi connectivity index (χ0v) is 13.5. The summed E-state index contributed by atoms with van der Waals surface area (Å²) >= 11 is 0. The number of likely N-dealkylation sites (N-methyl/N-ethyl adjacent to an activating group) is 1. The second kappa shape index (κ2) is 6.60. The number of hydrogen-bond acceptors (Lipinski definition) is 3. The maximum atomic E-state index is 13.1. The summed E-state index contributed by atoms with van der Waals surface area (Å²) in [6, 6.07) is 8.20. The molecule has 7 nitrogen and oxygen atoms in total. The molecule has 0 bridgehead atoms. The van der Waals surface area contributed by atoms with Crippen LogP contribution in [-0.4, -0.2) is 29.8 Å². The molecule has 1 fully saturated rings. The topological polar surface area (TPSA) is 86.9 Å². The number of hydrogen-bond donors (Lipinski definition) is 2. The number of aryl methyl sites for hydroxylation is 1. The van der Waals surface area contributed by atoms with Gasteiger partial charge in [0.05, 0.1) is 0 Å². The van der Waals surface area contributed by atoms with Crippen LogP contribution in [0, 0.1) is 12.7 Å². The number of rotatable bonds is 2. The molecule has 2 aromatic rings. The SMILES string of the molecule is Cc1ccc(/C=C2/C(=O)N/C(=N\C(=O)Nc3cccc(F)c3)N2C)o1. The van der Waals surface area contributed by atoms with E-state index in [2.05, 4.69) is 15.6 Å². The molecule has 25 heavy (non-hydrogen) atoms. The van der Waals surface area contributed by atoms with Crippen molar-refractivity contribution >= 4 is 29.7 Å². The van der Waals surface area contributed by atoms with Crippen LogP contribution >= 0.6 is 0 Å². The highest BCUT2D eigenvalue weighted by Crippen LogP contribution is 2.17. The first-order chi connectivity index (χ1) is 11.9. The fourth-order valence-corrected chi connectivity index (χ4v) is 2.26. The lowest BCUT2D eigenvalue weighted by Crippen LogP contribution is -2.29. The number of furan rings is 1. The minimum Gasteiger partial charge on any atom is -0.462 e. The third-order valence-electron chi connectivity index (χ3n) is 3.46. The second-order valence-corrected chi connectivity index (χ2v) is 5.37. The summed E-state index contributed by atoms with van der Waals surface area (Å²) in [5, 5.41) is 4.93. The Morgan fingerprint density at radius 1 is 1.36 bits per heavy atom. The van der Waals surface area contributed by atoms with Gasteiger partial charge in [-0.15, -0.1) is 0 Å². The molecule has 0 saturated carbocycles. The monoisotopic (exact) mass is 342 g/mol. The van der Waals surface area contributed by atoms with Crippen molar-refractivity contribution in [3.05, 3.63) is 59.4 Å². The van der Waals surface area contributed by atoms with E-state index in [1.54, 1.807) is 32.2 Å². The molecule has 1 aliphatic heterocycles. The highest BCUT2D eigenvalue weighted by Gasteiger charge is 2.29. The number of aliphatic imine (C=N–C) groups is 1. The number of amides is 3. The molecule has 1 aromatic heterocycles. The predicted octanol–water partition coefficient (Wildman–Crippen LogP) is 2.72. The maximum absolute atomic E-state index is 13.1. The zero-order valence-electron chi connectivity index (χ0n) is 13.5. The standard InChI is InChI=1S/C17H15FN4O3/c1-10-6-7-13(25-10)9-14-15(23)20-16(22(14)2)21-17(24)19-12-5-3-4-11(18)8-12/h3-9H,1-2H3,(H2,19,20,21,23,24)/b14-9-. The molecular formula is C17H15FN4O3. The third kappa shape index (κ3) is 3.74. The van der Waals surface area contributed by atoms with E-state index in [9.17, 15) is 14.0 Å². The lowest BCUT2D eigenvalue weighted by molar-refractivity contribution is -0.115. The number of anilines is 1. The van der Waals surface area contributed by atoms with Gasteiger partial charge in [0.15, 0.2) is 0 Å². The fourth-order valence-electron chi connectivity index (χ4n) is 2.26. The van der Waals surface area contributed by atoms with Gasteiger partial charge in [0.2, 0.25) is 5.96 Å². The van der Waals surface area contributed by atoms with Crippen LogP contribution < -0.4 is 10.6 Å². The second-order valence-electron chi connectivity index (χ2n) is 5.37. The predicted molar refractivity (Wildman–Crippen MR) is 90.2 cm³/mol. The van der Waals surface area contributed by atoms with E-state index in [1.807, 2.05) is 0 Å². The number of benzene rings is 1. The van der Waals surface area contributed by atoms with E-state index in [1.165, 1.54) is 29.2 Å². The van der Waals surface area contributed by atoms with Gasteiger partial charge < -0.3 is 14.6 Å². The number of halogens is 1. The molecule has 1 aromatic carbocycles. The van der Waals surface area contributed by atoms with Crippen LogP contribution in [0.2, 0.25) is 0 Å². The van der Waals surface area contributed by atoms with E-state index >= 15 is 0 Å². The minimum absolute atomic E-state index is 0.0634. The van der Waals surface area contributed by atoms with Gasteiger partial charge in [0, 0.05) is 18.8 Å². The Hall–Kier alpha value is -3.42. The van der Waals surface area contributed by atoms with Crippen molar-refractivity contribution in [3.8, 4) is 0 Å². The molecule has 0 radical (unpaired) electrons. The lowest BCUT2D eigenvalue weighted by Gasteiger charge is -2.10. The first kappa shape index (κ1) is 16.4. The Kier molecular flexibility index (Phi) is 4.34. The lowest BCUT2D eigenvalue weighted by atomic mass is 10.3. The van der Waals surface area contributed by atoms with Crippen molar-refractivity contribution in [2.24, 2.45) is 4.99 Å². The van der Waals surface area contributed by atoms with Crippen molar-refractivity contribution in [2.75, 3.05) is 12.4 Å². The highest BCUT2D eigenvalue weighted by molar-refractivity contribution is 6.17. The van der Waals surface area contributed by atoms with Gasteiger partial charge in [-0.1, -0.05) is 6.07 Å². The maximum Gasteiger partial charge on any atom is 0.348 e. The molecule has 3 amide bonds. The van der Waals surface area contributed by atoms with Crippen LogP contribution in [-0.2, 0) is 4.79 Å². The summed E-state index contributed by atoms with van der Waals surface area (Å²) in [6.07, 6.45) is 1.55. The molecule has 8 heteroatoms. The van der Waals surface area contributed by atoms with Gasteiger partial charge in [-0.25, -0.2) is 9.18 Å². The Labute approximate surface area is 142 Å². The summed E-state index contributed by atoms with van der Waals surface area (Å²) in [5.74, 6) is 0.411. The largest absolute Gasteiger partial charge is 0.462 e. The van der Waals surface area contributed by atoms with Crippen molar-refractivity contribution in [1.82, 2.24) is 10.2 Å². The van der Waals surface area contributed by atoms with Crippen LogP contribution in [0.15, 0.2) is 51.5 Å². The van der Waals surface area contributed by atoms with Gasteiger partial charge in [-0.2, -0.15) is 4.99 Å². The van der Waals surface area contributed by atoms with E-state index < -0.39 is 17.8 Å². The van der Waals surface area contributed by atoms with Gasteiger partial charge in [0.25, 0.3) is 5.91 Å². The Balaban J connectivity index is 1.76. The van der Waals surface area contributed by atoms with Crippen LogP contribution in [0.25, 0.3) is 6.08 Å². The van der Waals surface area contributed by atoms with E-state index in [0.717, 1.165) is 5.76 Å². The summed E-state index contributed by atoms with van der Waals surface area (Å²) < 4.78 is 18.5. The van der Waals surface area contributed by atoms with Crippen molar-refractivity contribution in [2.45, 2.75) is 6.92 Å². The molecule has 1 saturated heterocycles. The highest BCUT2D eigenvalue weighted by atomic mass is 19.1. The molecular weight excluding hydrogens is 327 g/mol.